The first kappa shape index (κ1) is 94.8. The quantitative estimate of drug-likeness (QED) is 0.0249. The van der Waals surface area contributed by atoms with Gasteiger partial charge in [-0.3, -0.25) is 9.59 Å². The Morgan fingerprint density at radius 2 is 0.545 bits per heavy atom. The number of esters is 2. The van der Waals surface area contributed by atoms with Crippen LogP contribution in [0.25, 0.3) is 0 Å². The zero-order chi connectivity index (χ0) is 71.9. The first-order valence-electron chi connectivity index (χ1n) is 42.0. The van der Waals surface area contributed by atoms with Gasteiger partial charge in [0.2, 0.25) is 0 Å². The van der Waals surface area contributed by atoms with Gasteiger partial charge in [0, 0.05) is 25.9 Å². The lowest BCUT2D eigenvalue weighted by molar-refractivity contribution is -0.144. The lowest BCUT2D eigenvalue weighted by atomic mass is 10.1. The second-order valence-corrected chi connectivity index (χ2v) is 27.9. The van der Waals surface area contributed by atoms with E-state index in [2.05, 4.69) is 124 Å². The fourth-order valence-corrected chi connectivity index (χ4v) is 12.2. The molecule has 0 saturated heterocycles. The average Bonchev–Trinajstić information content (AvgIpc) is 3.05. The SMILES string of the molecule is CCCCC/C=C\C/C=C\CCCCCCCCOC(=O)OC(C/C=C\CCCCCCCCOC(=O)CCN(CCCN(CC)CC)CCC(=O)OCCCCCCCC/C=C\CC(CCCCCC)OC(=O)OCCCCCCCC/C=C\C/C=C\CCCCC)CCCCCC. The summed E-state index contributed by atoms with van der Waals surface area (Å²) in [5.74, 6) is -0.336. The van der Waals surface area contributed by atoms with Crippen molar-refractivity contribution in [2.24, 2.45) is 0 Å². The number of ether oxygens (including phenoxy) is 6. The highest BCUT2D eigenvalue weighted by atomic mass is 16.7. The van der Waals surface area contributed by atoms with Gasteiger partial charge in [0.25, 0.3) is 0 Å². The fourth-order valence-electron chi connectivity index (χ4n) is 12.2. The van der Waals surface area contributed by atoms with Crippen molar-refractivity contribution >= 4 is 24.2 Å². The van der Waals surface area contributed by atoms with Crippen molar-refractivity contribution < 1.29 is 47.6 Å². The molecule has 0 bridgehead atoms. The van der Waals surface area contributed by atoms with Crippen molar-refractivity contribution in [3.8, 4) is 0 Å². The number of nitrogens with zero attached hydrogens (tertiary/aromatic N) is 2. The molecular formula is C87H158N2O10. The Kier molecular flexibility index (Phi) is 76.2. The number of rotatable bonds is 76. The maximum absolute atomic E-state index is 12.9. The first-order valence-corrected chi connectivity index (χ1v) is 42.0. The van der Waals surface area contributed by atoms with Crippen LogP contribution in [0.1, 0.15) is 382 Å². The molecule has 0 radical (unpaired) electrons. The number of hydrogen-bond donors (Lipinski definition) is 0. The molecule has 0 rings (SSSR count). The number of unbranched alkanes of at least 4 members (excludes halogenated alkanes) is 36. The Hall–Kier alpha value is -4.16. The third-order valence-corrected chi connectivity index (χ3v) is 18.7. The summed E-state index contributed by atoms with van der Waals surface area (Å²) in [5, 5.41) is 0. The highest BCUT2D eigenvalue weighted by Gasteiger charge is 2.17. The van der Waals surface area contributed by atoms with E-state index in [-0.39, 0.29) is 24.1 Å². The molecule has 2 unspecified atom stereocenters. The summed E-state index contributed by atoms with van der Waals surface area (Å²) in [5.41, 5.74) is 0. The molecule has 0 amide bonds. The standard InChI is InChI=1S/C87H158N2O10/c1-7-13-17-21-23-25-27-29-31-33-35-37-43-51-57-65-80-96-86(92)98-82(68-59-19-15-9-3)70-61-53-47-41-39-45-49-55-63-78-94-84(90)72-76-89(75-67-74-88(11-5)12-6)77-73-85(91)95-79-64-56-50-46-40-42-48-54-62-71-83(69-60-20-16-10-4)99-87(93)97-81-66-58-52-44-38-36-34-32-30-28-26-24-22-18-14-8-2/h23-26,29-32,53-54,61-62,82-83H,7-22,27-28,33-52,55-60,63-81H2,1-6H3/b25-23-,26-24-,31-29-,32-30-,61-53-,62-54-. The predicted molar refractivity (Wildman–Crippen MR) is 421 cm³/mol. The van der Waals surface area contributed by atoms with Gasteiger partial charge in [0.15, 0.2) is 0 Å². The summed E-state index contributed by atoms with van der Waals surface area (Å²) >= 11 is 0. The van der Waals surface area contributed by atoms with Crippen LogP contribution < -0.4 is 0 Å². The molecule has 0 heterocycles. The van der Waals surface area contributed by atoms with Crippen molar-refractivity contribution in [3.63, 3.8) is 0 Å². The van der Waals surface area contributed by atoms with Crippen LogP contribution in [0, 0.1) is 0 Å². The van der Waals surface area contributed by atoms with Crippen LogP contribution in [0.5, 0.6) is 0 Å². The summed E-state index contributed by atoms with van der Waals surface area (Å²) in [6.07, 6.45) is 83.5. The molecule has 2 atom stereocenters. The van der Waals surface area contributed by atoms with E-state index in [0.717, 1.165) is 212 Å². The number of hydrogen-bond acceptors (Lipinski definition) is 12. The molecular weight excluding hydrogens is 1230 g/mol. The maximum atomic E-state index is 12.9. The normalized spacial score (nSPS) is 12.7. The summed E-state index contributed by atoms with van der Waals surface area (Å²) in [6, 6.07) is 0. The highest BCUT2D eigenvalue weighted by Crippen LogP contribution is 2.19. The van der Waals surface area contributed by atoms with Crippen molar-refractivity contribution in [2.75, 3.05) is 65.7 Å². The van der Waals surface area contributed by atoms with Gasteiger partial charge in [-0.2, -0.15) is 0 Å². The van der Waals surface area contributed by atoms with Crippen molar-refractivity contribution in [1.82, 2.24) is 9.80 Å². The van der Waals surface area contributed by atoms with Crippen LogP contribution >= 0.6 is 0 Å². The molecule has 576 valence electrons. The molecule has 12 heteroatoms. The lowest BCUT2D eigenvalue weighted by Gasteiger charge is -2.24. The van der Waals surface area contributed by atoms with Gasteiger partial charge in [0.05, 0.1) is 39.3 Å². The van der Waals surface area contributed by atoms with Crippen LogP contribution in [0.2, 0.25) is 0 Å². The van der Waals surface area contributed by atoms with Gasteiger partial charge < -0.3 is 38.2 Å². The van der Waals surface area contributed by atoms with Crippen LogP contribution in [-0.2, 0) is 38.0 Å². The van der Waals surface area contributed by atoms with E-state index in [1.54, 1.807) is 0 Å². The topological polar surface area (TPSA) is 130 Å². The van der Waals surface area contributed by atoms with E-state index >= 15 is 0 Å². The average molecular weight is 1390 g/mol. The largest absolute Gasteiger partial charge is 0.508 e. The molecule has 99 heavy (non-hydrogen) atoms. The Balaban J connectivity index is 4.36. The molecule has 0 aromatic carbocycles. The molecule has 0 aliphatic rings. The molecule has 0 aliphatic carbocycles. The first-order chi connectivity index (χ1) is 48.7. The third-order valence-electron chi connectivity index (χ3n) is 18.7. The molecule has 0 aromatic rings. The van der Waals surface area contributed by atoms with Gasteiger partial charge in [-0.1, -0.05) is 281 Å². The van der Waals surface area contributed by atoms with E-state index in [9.17, 15) is 19.2 Å². The molecule has 0 aliphatic heterocycles. The second-order valence-electron chi connectivity index (χ2n) is 27.9. The predicted octanol–water partition coefficient (Wildman–Crippen LogP) is 25.9. The van der Waals surface area contributed by atoms with Crippen molar-refractivity contribution in [3.05, 3.63) is 72.9 Å². The lowest BCUT2D eigenvalue weighted by Crippen LogP contribution is -2.33. The fraction of sp³-hybridized carbons (Fsp3) is 0.816. The minimum Gasteiger partial charge on any atom is -0.466 e. The zero-order valence-electron chi connectivity index (χ0n) is 65.6. The number of carbonyl (C=O) groups excluding carboxylic acids is 4. The number of carbonyl (C=O) groups is 4. The van der Waals surface area contributed by atoms with E-state index in [1.165, 1.54) is 141 Å². The van der Waals surface area contributed by atoms with Crippen LogP contribution in [0.15, 0.2) is 72.9 Å². The van der Waals surface area contributed by atoms with Crippen molar-refractivity contribution in [2.45, 2.75) is 394 Å². The number of allylic oxidation sites excluding steroid dienone is 10. The smallest absolute Gasteiger partial charge is 0.466 e. The van der Waals surface area contributed by atoms with Gasteiger partial charge in [0.1, 0.15) is 12.2 Å². The van der Waals surface area contributed by atoms with E-state index in [4.69, 9.17) is 28.4 Å². The zero-order valence-corrected chi connectivity index (χ0v) is 65.6. The van der Waals surface area contributed by atoms with Crippen LogP contribution in [-0.4, -0.2) is 112 Å². The Morgan fingerprint density at radius 3 is 0.879 bits per heavy atom. The summed E-state index contributed by atoms with van der Waals surface area (Å²) in [7, 11) is 0. The third kappa shape index (κ3) is 73.4. The monoisotopic (exact) mass is 1390 g/mol. The van der Waals surface area contributed by atoms with Crippen molar-refractivity contribution in [1.29, 1.82) is 0 Å². The molecule has 0 N–H and O–H groups in total. The van der Waals surface area contributed by atoms with Crippen LogP contribution in [0.3, 0.4) is 0 Å². The van der Waals surface area contributed by atoms with E-state index < -0.39 is 12.3 Å². The Bertz CT molecular complexity index is 1800. The van der Waals surface area contributed by atoms with E-state index in [1.807, 2.05) is 0 Å². The van der Waals surface area contributed by atoms with Gasteiger partial charge in [-0.15, -0.1) is 0 Å². The molecule has 0 saturated carbocycles. The maximum Gasteiger partial charge on any atom is 0.508 e. The Morgan fingerprint density at radius 1 is 0.273 bits per heavy atom. The highest BCUT2D eigenvalue weighted by molar-refractivity contribution is 5.70. The molecule has 0 aromatic heterocycles. The summed E-state index contributed by atoms with van der Waals surface area (Å²) in [6.45, 7) is 20.1. The van der Waals surface area contributed by atoms with E-state index in [0.29, 0.717) is 52.4 Å². The van der Waals surface area contributed by atoms with Gasteiger partial charge in [-0.25, -0.2) is 9.59 Å². The Labute approximate surface area is 611 Å². The van der Waals surface area contributed by atoms with Gasteiger partial charge in [-0.05, 0) is 174 Å². The van der Waals surface area contributed by atoms with Gasteiger partial charge >= 0.3 is 24.2 Å². The van der Waals surface area contributed by atoms with Crippen LogP contribution in [0.4, 0.5) is 9.59 Å². The summed E-state index contributed by atoms with van der Waals surface area (Å²) < 4.78 is 34.0. The minimum atomic E-state index is -0.520. The molecule has 0 fully saturated rings. The minimum absolute atomic E-state index is 0.136. The summed E-state index contributed by atoms with van der Waals surface area (Å²) in [4.78, 5) is 55.6. The molecule has 0 spiro atoms. The molecule has 12 nitrogen and oxygen atoms in total. The second kappa shape index (κ2) is 79.5.